The average molecular weight is 813 g/mol. The SMILES string of the molecule is CC(=O)N[C@H](C(=O)N[C@H]1CCCCC/C=C\[C@H]2C[C@@]2(C(=O)NS(=O)(=O)C2CC2)NC(=O)C2C[C@@H](OC(=O)N3Cc4cccc(F)c4C3)CN2C1=O)C1CCCCC1. The number of allylic oxidation sites excluding steroid dienone is 1. The Morgan fingerprint density at radius 3 is 2.44 bits per heavy atom. The molecule has 1 saturated heterocycles. The number of nitrogens with zero attached hydrogens (tertiary/aromatic N) is 2. The normalized spacial score (nSPS) is 29.3. The number of amides is 6. The molecule has 6 aliphatic rings. The zero-order valence-electron chi connectivity index (χ0n) is 32.3. The van der Waals surface area contributed by atoms with Crippen LogP contribution in [0.4, 0.5) is 9.18 Å². The Labute approximate surface area is 332 Å². The van der Waals surface area contributed by atoms with Crippen molar-refractivity contribution in [3.8, 4) is 0 Å². The Kier molecular flexibility index (Phi) is 11.9. The van der Waals surface area contributed by atoms with Gasteiger partial charge >= 0.3 is 6.09 Å². The van der Waals surface area contributed by atoms with Crippen molar-refractivity contribution < 1.29 is 46.3 Å². The van der Waals surface area contributed by atoms with Crippen molar-refractivity contribution in [1.29, 1.82) is 0 Å². The van der Waals surface area contributed by atoms with Crippen LogP contribution in [0.15, 0.2) is 30.4 Å². The summed E-state index contributed by atoms with van der Waals surface area (Å²) >= 11 is 0. The molecule has 0 spiro atoms. The predicted octanol–water partition coefficient (Wildman–Crippen LogP) is 2.82. The molecule has 3 saturated carbocycles. The second kappa shape index (κ2) is 16.7. The molecule has 310 valence electrons. The smallest absolute Gasteiger partial charge is 0.410 e. The van der Waals surface area contributed by atoms with Crippen LogP contribution in [0, 0.1) is 17.7 Å². The largest absolute Gasteiger partial charge is 0.444 e. The van der Waals surface area contributed by atoms with Crippen LogP contribution < -0.4 is 20.7 Å². The van der Waals surface area contributed by atoms with Crippen LogP contribution in [-0.4, -0.2) is 95.4 Å². The van der Waals surface area contributed by atoms with E-state index >= 15 is 0 Å². The summed E-state index contributed by atoms with van der Waals surface area (Å²) in [5, 5.41) is 7.86. The van der Waals surface area contributed by atoms with Gasteiger partial charge in [0.2, 0.25) is 33.7 Å². The van der Waals surface area contributed by atoms with Gasteiger partial charge in [0.05, 0.1) is 18.3 Å². The number of ether oxygens (including phenoxy) is 1. The van der Waals surface area contributed by atoms with E-state index in [1.807, 2.05) is 12.2 Å². The lowest BCUT2D eigenvalue weighted by atomic mass is 9.83. The van der Waals surface area contributed by atoms with E-state index in [2.05, 4.69) is 20.7 Å². The third-order valence-electron chi connectivity index (χ3n) is 12.4. The van der Waals surface area contributed by atoms with Gasteiger partial charge in [-0.2, -0.15) is 0 Å². The number of carbonyl (C=O) groups excluding carboxylic acids is 6. The van der Waals surface area contributed by atoms with Gasteiger partial charge in [-0.25, -0.2) is 17.6 Å². The first kappa shape index (κ1) is 40.6. The summed E-state index contributed by atoms with van der Waals surface area (Å²) < 4.78 is 48.3. The highest BCUT2D eigenvalue weighted by Gasteiger charge is 2.62. The van der Waals surface area contributed by atoms with E-state index in [-0.39, 0.29) is 50.7 Å². The Morgan fingerprint density at radius 1 is 0.982 bits per heavy atom. The van der Waals surface area contributed by atoms with E-state index in [4.69, 9.17) is 4.74 Å². The van der Waals surface area contributed by atoms with Gasteiger partial charge in [0, 0.05) is 31.4 Å². The molecule has 17 heteroatoms. The summed E-state index contributed by atoms with van der Waals surface area (Å²) in [6, 6.07) is 1.41. The Hall–Kier alpha value is -4.54. The molecule has 0 aromatic heterocycles. The standard InChI is InChI=1S/C40H53FN6O9S/c1-24(48)42-34(25-11-6-5-7-12-25)36(50)43-32-16-9-4-2-3-8-14-27-20-40(27,38(52)45-57(54,55)29-17-18-29)44-35(49)33-19-28(22-47(33)37(32)51)56-39(53)46-21-26-13-10-15-31(41)30(26)23-46/h8,10,13-15,25,27-29,32-34H,2-7,9,11-12,16-23H2,1H3,(H,42,48)(H,43,50)(H,44,49)(H,45,52)/b14-8-/t27-,28+,32-,33?,34-,40+/m0/s1. The van der Waals surface area contributed by atoms with E-state index in [0.717, 1.165) is 38.5 Å². The van der Waals surface area contributed by atoms with Crippen molar-refractivity contribution in [2.75, 3.05) is 6.54 Å². The topological polar surface area (TPSA) is 200 Å². The zero-order chi connectivity index (χ0) is 40.5. The molecule has 1 aromatic carbocycles. The van der Waals surface area contributed by atoms with E-state index in [0.29, 0.717) is 43.2 Å². The van der Waals surface area contributed by atoms with Crippen molar-refractivity contribution in [3.05, 3.63) is 47.3 Å². The molecule has 15 nitrogen and oxygen atoms in total. The van der Waals surface area contributed by atoms with Gasteiger partial charge in [0.1, 0.15) is 35.6 Å². The second-order valence-corrected chi connectivity index (χ2v) is 18.6. The maximum Gasteiger partial charge on any atom is 0.410 e. The van der Waals surface area contributed by atoms with Crippen LogP contribution in [0.25, 0.3) is 0 Å². The lowest BCUT2D eigenvalue weighted by Gasteiger charge is -2.33. The lowest BCUT2D eigenvalue weighted by Crippen LogP contribution is -2.59. The van der Waals surface area contributed by atoms with Crippen LogP contribution in [0.2, 0.25) is 0 Å². The van der Waals surface area contributed by atoms with E-state index in [1.165, 1.54) is 22.8 Å². The van der Waals surface area contributed by atoms with Crippen LogP contribution in [0.1, 0.15) is 108 Å². The summed E-state index contributed by atoms with van der Waals surface area (Å²) in [5.74, 6) is -4.06. The van der Waals surface area contributed by atoms with Crippen molar-refractivity contribution in [3.63, 3.8) is 0 Å². The zero-order valence-corrected chi connectivity index (χ0v) is 33.1. The minimum Gasteiger partial charge on any atom is -0.444 e. The first-order valence-corrected chi connectivity index (χ1v) is 21.9. The Balaban J connectivity index is 1.15. The highest BCUT2D eigenvalue weighted by molar-refractivity contribution is 7.91. The number of carbonyl (C=O) groups is 6. The maximum absolute atomic E-state index is 14.7. The number of halogens is 1. The molecule has 4 fully saturated rings. The van der Waals surface area contributed by atoms with Crippen LogP contribution in [0.3, 0.4) is 0 Å². The summed E-state index contributed by atoms with van der Waals surface area (Å²) in [5.41, 5.74) is -0.554. The van der Waals surface area contributed by atoms with Gasteiger partial charge in [0.25, 0.3) is 5.91 Å². The number of fused-ring (bicyclic) bond motifs is 3. The fourth-order valence-electron chi connectivity index (χ4n) is 8.92. The third kappa shape index (κ3) is 9.12. The van der Waals surface area contributed by atoms with Crippen LogP contribution >= 0.6 is 0 Å². The van der Waals surface area contributed by atoms with Gasteiger partial charge in [0.15, 0.2) is 0 Å². The minimum atomic E-state index is -3.94. The molecule has 3 aliphatic carbocycles. The van der Waals surface area contributed by atoms with E-state index in [1.54, 1.807) is 12.1 Å². The molecule has 57 heavy (non-hydrogen) atoms. The van der Waals surface area contributed by atoms with E-state index < -0.39 is 86.5 Å². The van der Waals surface area contributed by atoms with Gasteiger partial charge in [-0.05, 0) is 68.9 Å². The molecule has 3 heterocycles. The number of benzene rings is 1. The van der Waals surface area contributed by atoms with Crippen LogP contribution in [-0.2, 0) is 51.8 Å². The number of nitrogens with one attached hydrogen (secondary N) is 4. The molecular formula is C40H53FN6O9S. The number of hydrogen-bond acceptors (Lipinski definition) is 9. The molecule has 7 rings (SSSR count). The van der Waals surface area contributed by atoms with Gasteiger partial charge in [-0.3, -0.25) is 33.6 Å². The second-order valence-electron chi connectivity index (χ2n) is 16.6. The lowest BCUT2D eigenvalue weighted by molar-refractivity contribution is -0.143. The first-order valence-electron chi connectivity index (χ1n) is 20.4. The monoisotopic (exact) mass is 812 g/mol. The molecule has 0 bridgehead atoms. The number of hydrogen-bond donors (Lipinski definition) is 4. The molecule has 0 radical (unpaired) electrons. The van der Waals surface area contributed by atoms with Gasteiger partial charge in [-0.15, -0.1) is 0 Å². The summed E-state index contributed by atoms with van der Waals surface area (Å²) in [7, 11) is -3.94. The molecule has 6 amide bonds. The Bertz CT molecular complexity index is 1920. The molecule has 1 aromatic rings. The van der Waals surface area contributed by atoms with Crippen molar-refractivity contribution in [1.82, 2.24) is 30.5 Å². The quantitative estimate of drug-likeness (QED) is 0.285. The van der Waals surface area contributed by atoms with Crippen molar-refractivity contribution in [2.24, 2.45) is 11.8 Å². The molecule has 6 atom stereocenters. The number of sulfonamides is 1. The summed E-state index contributed by atoms with van der Waals surface area (Å²) in [6.45, 7) is 1.24. The fraction of sp³-hybridized carbons (Fsp3) is 0.650. The average Bonchev–Trinajstić information content (AvgIpc) is 4.06. The molecule has 4 N–H and O–H groups in total. The Morgan fingerprint density at radius 2 is 1.72 bits per heavy atom. The summed E-state index contributed by atoms with van der Waals surface area (Å²) in [4.78, 5) is 85.2. The van der Waals surface area contributed by atoms with Crippen molar-refractivity contribution in [2.45, 2.75) is 145 Å². The molecular weight excluding hydrogens is 760 g/mol. The van der Waals surface area contributed by atoms with Crippen molar-refractivity contribution >= 4 is 45.7 Å². The molecule has 1 unspecified atom stereocenters. The van der Waals surface area contributed by atoms with E-state index in [9.17, 15) is 41.6 Å². The summed E-state index contributed by atoms with van der Waals surface area (Å²) in [6.07, 6.45) is 10.1. The van der Waals surface area contributed by atoms with Gasteiger partial charge < -0.3 is 25.6 Å². The predicted molar refractivity (Wildman–Crippen MR) is 203 cm³/mol. The number of rotatable bonds is 8. The highest BCUT2D eigenvalue weighted by atomic mass is 32.2. The maximum atomic E-state index is 14.7. The minimum absolute atomic E-state index is 0.0129. The first-order chi connectivity index (χ1) is 27.3. The highest BCUT2D eigenvalue weighted by Crippen LogP contribution is 2.46. The fourth-order valence-corrected chi connectivity index (χ4v) is 10.3. The third-order valence-corrected chi connectivity index (χ3v) is 14.2. The molecule has 3 aliphatic heterocycles. The van der Waals surface area contributed by atoms with Gasteiger partial charge in [-0.1, -0.05) is 56.4 Å². The van der Waals surface area contributed by atoms with Crippen LogP contribution in [0.5, 0.6) is 0 Å².